The van der Waals surface area contributed by atoms with Crippen molar-refractivity contribution >= 4 is 23.4 Å². The van der Waals surface area contributed by atoms with Crippen LogP contribution in [0.1, 0.15) is 23.2 Å². The lowest BCUT2D eigenvalue weighted by Crippen LogP contribution is -2.50. The molecule has 1 N–H and O–H groups in total. The fraction of sp³-hybridized carbons (Fsp3) is 0.533. The Bertz CT molecular complexity index is 521. The molecule has 1 atom stereocenters. The van der Waals surface area contributed by atoms with E-state index in [1.165, 1.54) is 31.1 Å². The molecule has 1 aromatic rings. The van der Waals surface area contributed by atoms with E-state index in [1.54, 1.807) is 0 Å². The van der Waals surface area contributed by atoms with E-state index in [9.17, 15) is 9.90 Å². The van der Waals surface area contributed by atoms with Gasteiger partial charge >= 0.3 is 5.97 Å². The Hall–Kier alpha value is -1.20. The van der Waals surface area contributed by atoms with Crippen molar-refractivity contribution in [3.05, 3.63) is 23.8 Å². The maximum absolute atomic E-state index is 11.6. The first-order valence-electron chi connectivity index (χ1n) is 7.10. The summed E-state index contributed by atoms with van der Waals surface area (Å²) in [5.74, 6) is -0.821. The molecule has 0 aromatic heterocycles. The predicted octanol–water partition coefficient (Wildman–Crippen LogP) is 2.39. The Morgan fingerprint density at radius 3 is 2.95 bits per heavy atom. The maximum Gasteiger partial charge on any atom is 0.338 e. The van der Waals surface area contributed by atoms with E-state index < -0.39 is 5.97 Å². The van der Waals surface area contributed by atoms with Crippen molar-refractivity contribution < 1.29 is 9.90 Å². The molecule has 2 aliphatic rings. The average molecular weight is 292 g/mol. The molecule has 1 unspecified atom stereocenters. The lowest BCUT2D eigenvalue weighted by molar-refractivity contribution is 0.0693. The van der Waals surface area contributed by atoms with Gasteiger partial charge in [-0.05, 0) is 37.8 Å². The molecule has 0 spiro atoms. The summed E-state index contributed by atoms with van der Waals surface area (Å²) >= 11 is 1.50. The van der Waals surface area contributed by atoms with Gasteiger partial charge in [0.05, 0.1) is 11.3 Å². The number of rotatable bonds is 3. The number of hydrogen-bond donors (Lipinski definition) is 1. The summed E-state index contributed by atoms with van der Waals surface area (Å²) in [5, 5.41) is 9.55. The molecule has 2 heterocycles. The summed E-state index contributed by atoms with van der Waals surface area (Å²) < 4.78 is 0. The summed E-state index contributed by atoms with van der Waals surface area (Å²) in [4.78, 5) is 17.3. The van der Waals surface area contributed by atoms with Crippen LogP contribution in [0, 0.1) is 0 Å². The van der Waals surface area contributed by atoms with Crippen LogP contribution in [0.4, 0.5) is 5.69 Å². The van der Waals surface area contributed by atoms with Crippen molar-refractivity contribution in [1.29, 1.82) is 0 Å². The molecular formula is C15H20N2O2S. The van der Waals surface area contributed by atoms with Crippen LogP contribution in [-0.2, 0) is 0 Å². The van der Waals surface area contributed by atoms with Crippen molar-refractivity contribution in [2.45, 2.75) is 23.8 Å². The van der Waals surface area contributed by atoms with E-state index in [4.69, 9.17) is 0 Å². The molecule has 20 heavy (non-hydrogen) atoms. The number of nitrogens with zero attached hydrogens (tertiary/aromatic N) is 2. The molecule has 3 rings (SSSR count). The second-order valence-electron chi connectivity index (χ2n) is 5.44. The number of hydrogen-bond acceptors (Lipinski definition) is 4. The summed E-state index contributed by atoms with van der Waals surface area (Å²) in [5.41, 5.74) is 1.35. The second kappa shape index (κ2) is 5.66. The fourth-order valence-corrected chi connectivity index (χ4v) is 3.99. The van der Waals surface area contributed by atoms with Crippen LogP contribution in [-0.4, -0.2) is 54.5 Å². The zero-order valence-electron chi connectivity index (χ0n) is 11.7. The minimum atomic E-state index is -0.821. The molecular weight excluding hydrogens is 272 g/mol. The van der Waals surface area contributed by atoms with Crippen molar-refractivity contribution in [2.75, 3.05) is 37.3 Å². The molecule has 4 nitrogen and oxygen atoms in total. The number of thioether (sulfide) groups is 1. The van der Waals surface area contributed by atoms with E-state index in [2.05, 4.69) is 9.80 Å². The topological polar surface area (TPSA) is 43.8 Å². The van der Waals surface area contributed by atoms with E-state index >= 15 is 0 Å². The Balaban J connectivity index is 1.91. The highest BCUT2D eigenvalue weighted by Crippen LogP contribution is 2.32. The van der Waals surface area contributed by atoms with Crippen LogP contribution in [0.5, 0.6) is 0 Å². The third kappa shape index (κ3) is 2.40. The largest absolute Gasteiger partial charge is 0.478 e. The lowest BCUT2D eigenvalue weighted by Gasteiger charge is -2.39. The van der Waals surface area contributed by atoms with E-state index in [1.807, 2.05) is 24.5 Å². The Kier molecular flexibility index (Phi) is 3.89. The third-order valence-electron chi connectivity index (χ3n) is 4.37. The molecule has 5 heteroatoms. The van der Waals surface area contributed by atoms with Gasteiger partial charge in [0.25, 0.3) is 0 Å². The number of aromatic carboxylic acids is 1. The maximum atomic E-state index is 11.6. The molecule has 0 radical (unpaired) electrons. The van der Waals surface area contributed by atoms with Crippen molar-refractivity contribution in [3.63, 3.8) is 0 Å². The smallest absolute Gasteiger partial charge is 0.338 e. The van der Waals surface area contributed by atoms with Gasteiger partial charge in [0.15, 0.2) is 0 Å². The van der Waals surface area contributed by atoms with E-state index in [-0.39, 0.29) is 0 Å². The predicted molar refractivity (Wildman–Crippen MR) is 82.0 cm³/mol. The molecule has 2 saturated heterocycles. The first-order chi connectivity index (χ1) is 9.70. The van der Waals surface area contributed by atoms with Crippen LogP contribution < -0.4 is 4.90 Å². The fourth-order valence-electron chi connectivity index (χ4n) is 3.38. The van der Waals surface area contributed by atoms with Gasteiger partial charge in [0.2, 0.25) is 0 Å². The average Bonchev–Trinajstić information content (AvgIpc) is 2.93. The quantitative estimate of drug-likeness (QED) is 0.867. The molecule has 0 saturated carbocycles. The highest BCUT2D eigenvalue weighted by atomic mass is 32.2. The number of piperazine rings is 1. The molecule has 2 fully saturated rings. The molecule has 0 bridgehead atoms. The molecule has 108 valence electrons. The zero-order valence-corrected chi connectivity index (χ0v) is 12.5. The van der Waals surface area contributed by atoms with Crippen LogP contribution in [0.3, 0.4) is 0 Å². The Labute approximate surface area is 123 Å². The van der Waals surface area contributed by atoms with Gasteiger partial charge in [-0.2, -0.15) is 0 Å². The van der Waals surface area contributed by atoms with Crippen molar-refractivity contribution in [1.82, 2.24) is 4.90 Å². The van der Waals surface area contributed by atoms with Gasteiger partial charge in [0.1, 0.15) is 0 Å². The lowest BCUT2D eigenvalue weighted by atomic mass is 10.1. The summed E-state index contributed by atoms with van der Waals surface area (Å²) in [6, 6.07) is 6.41. The van der Waals surface area contributed by atoms with Gasteiger partial charge in [-0.15, -0.1) is 11.8 Å². The van der Waals surface area contributed by atoms with Gasteiger partial charge in [-0.1, -0.05) is 6.07 Å². The highest BCUT2D eigenvalue weighted by Gasteiger charge is 2.32. The second-order valence-corrected chi connectivity index (χ2v) is 6.29. The third-order valence-corrected chi connectivity index (χ3v) is 5.15. The molecule has 0 amide bonds. The first kappa shape index (κ1) is 13.8. The minimum absolute atomic E-state index is 0.464. The van der Waals surface area contributed by atoms with E-state index in [0.717, 1.165) is 30.2 Å². The zero-order chi connectivity index (χ0) is 14.1. The van der Waals surface area contributed by atoms with Crippen LogP contribution in [0.2, 0.25) is 0 Å². The number of fused-ring (bicyclic) bond motifs is 1. The van der Waals surface area contributed by atoms with Gasteiger partial charge in [-0.3, -0.25) is 4.90 Å². The number of carboxylic acid groups (broad SMARTS) is 1. The Morgan fingerprint density at radius 2 is 2.20 bits per heavy atom. The van der Waals surface area contributed by atoms with Gasteiger partial charge in [0, 0.05) is 30.6 Å². The standard InChI is InChI=1S/C15H20N2O2S/c1-20-13-6-2-5-12(14(13)15(18)19)17-9-8-16-7-3-4-11(16)10-17/h2,5-6,11H,3-4,7-10H2,1H3,(H,18,19). The summed E-state index contributed by atoms with van der Waals surface area (Å²) in [7, 11) is 0. The summed E-state index contributed by atoms with van der Waals surface area (Å²) in [6.07, 6.45) is 4.44. The number of benzene rings is 1. The number of anilines is 1. The van der Waals surface area contributed by atoms with Gasteiger partial charge in [-0.25, -0.2) is 4.79 Å². The van der Waals surface area contributed by atoms with Crippen LogP contribution in [0.15, 0.2) is 23.1 Å². The minimum Gasteiger partial charge on any atom is -0.478 e. The van der Waals surface area contributed by atoms with Crippen LogP contribution >= 0.6 is 11.8 Å². The summed E-state index contributed by atoms with van der Waals surface area (Å²) in [6.45, 7) is 4.13. The van der Waals surface area contributed by atoms with E-state index in [0.29, 0.717) is 11.6 Å². The molecule has 0 aliphatic carbocycles. The van der Waals surface area contributed by atoms with Crippen molar-refractivity contribution in [2.24, 2.45) is 0 Å². The number of carbonyl (C=O) groups is 1. The molecule has 1 aromatic carbocycles. The number of carboxylic acids is 1. The van der Waals surface area contributed by atoms with Crippen molar-refractivity contribution in [3.8, 4) is 0 Å². The molecule has 2 aliphatic heterocycles. The SMILES string of the molecule is CSc1cccc(N2CCN3CCCC3C2)c1C(=O)O. The monoisotopic (exact) mass is 292 g/mol. The highest BCUT2D eigenvalue weighted by molar-refractivity contribution is 7.98. The normalized spacial score (nSPS) is 22.9. The Morgan fingerprint density at radius 1 is 1.35 bits per heavy atom. The van der Waals surface area contributed by atoms with Crippen LogP contribution in [0.25, 0.3) is 0 Å². The van der Waals surface area contributed by atoms with Gasteiger partial charge < -0.3 is 10.0 Å². The first-order valence-corrected chi connectivity index (χ1v) is 8.32.